The van der Waals surface area contributed by atoms with Gasteiger partial charge in [-0.3, -0.25) is 0 Å². The molecule has 1 aliphatic rings. The summed E-state index contributed by atoms with van der Waals surface area (Å²) in [6, 6.07) is 43.0. The first-order valence-corrected chi connectivity index (χ1v) is 17.5. The molecule has 0 N–H and O–H groups in total. The van der Waals surface area contributed by atoms with Crippen molar-refractivity contribution in [3.63, 3.8) is 0 Å². The Morgan fingerprint density at radius 2 is 1.47 bits per heavy atom. The monoisotopic (exact) mass is 645 g/mol. The van der Waals surface area contributed by atoms with Crippen LogP contribution in [0.25, 0.3) is 97.5 Å². The Kier molecular flexibility index (Phi) is 5.63. The van der Waals surface area contributed by atoms with Gasteiger partial charge in [0.25, 0.3) is 0 Å². The summed E-state index contributed by atoms with van der Waals surface area (Å²) in [4.78, 5) is 10.4. The Morgan fingerprint density at radius 1 is 0.673 bits per heavy atom. The Morgan fingerprint density at radius 3 is 2.35 bits per heavy atom. The number of thiophene rings is 1. The zero-order chi connectivity index (χ0) is 32.1. The normalized spacial score (nSPS) is 13.6. The smallest absolute Gasteiger partial charge is 0.161 e. The highest BCUT2D eigenvalue weighted by Crippen LogP contribution is 2.50. The van der Waals surface area contributed by atoms with Gasteiger partial charge in [-0.2, -0.15) is 0 Å². The van der Waals surface area contributed by atoms with Gasteiger partial charge in [0.1, 0.15) is 5.58 Å². The summed E-state index contributed by atoms with van der Waals surface area (Å²) in [5.74, 6) is 0.749. The third-order valence-corrected chi connectivity index (χ3v) is 11.2. The fourth-order valence-electron chi connectivity index (χ4n) is 7.90. The molecule has 4 heterocycles. The van der Waals surface area contributed by atoms with Crippen molar-refractivity contribution < 1.29 is 4.42 Å². The van der Waals surface area contributed by atoms with Gasteiger partial charge in [-0.05, 0) is 54.8 Å². The maximum absolute atomic E-state index is 6.88. The molecule has 49 heavy (non-hydrogen) atoms. The third kappa shape index (κ3) is 3.85. The van der Waals surface area contributed by atoms with E-state index in [1.54, 1.807) is 0 Å². The quantitative estimate of drug-likeness (QED) is 0.192. The second-order valence-electron chi connectivity index (χ2n) is 12.8. The molecule has 6 aromatic carbocycles. The summed E-state index contributed by atoms with van der Waals surface area (Å²) in [6.45, 7) is 0. The van der Waals surface area contributed by atoms with Gasteiger partial charge in [-0.1, -0.05) is 103 Å². The molecule has 230 valence electrons. The predicted molar refractivity (Wildman–Crippen MR) is 206 cm³/mol. The first kappa shape index (κ1) is 27.0. The molecule has 0 saturated heterocycles. The van der Waals surface area contributed by atoms with Gasteiger partial charge >= 0.3 is 0 Å². The van der Waals surface area contributed by atoms with Crippen LogP contribution in [-0.4, -0.2) is 14.5 Å². The number of hydrogen-bond donors (Lipinski definition) is 0. The molecule has 0 radical (unpaired) electrons. The van der Waals surface area contributed by atoms with Crippen molar-refractivity contribution in [1.82, 2.24) is 14.5 Å². The molecule has 0 spiro atoms. The van der Waals surface area contributed by atoms with Crippen LogP contribution in [0.15, 0.2) is 144 Å². The molecule has 0 bridgehead atoms. The van der Waals surface area contributed by atoms with Gasteiger partial charge in [0.15, 0.2) is 11.4 Å². The molecule has 0 fully saturated rings. The zero-order valence-corrected chi connectivity index (χ0v) is 27.2. The molecule has 0 amide bonds. The molecule has 0 unspecified atom stereocenters. The molecule has 10 aromatic rings. The fraction of sp³-hybridized carbons (Fsp3) is 0.0455. The second-order valence-corrected chi connectivity index (χ2v) is 13.9. The molecule has 4 aromatic heterocycles. The zero-order valence-electron chi connectivity index (χ0n) is 26.4. The number of benzene rings is 6. The van der Waals surface area contributed by atoms with E-state index in [1.807, 2.05) is 29.5 Å². The summed E-state index contributed by atoms with van der Waals surface area (Å²) < 4.78 is 11.8. The fourth-order valence-corrected chi connectivity index (χ4v) is 9.17. The summed E-state index contributed by atoms with van der Waals surface area (Å²) >= 11 is 1.86. The van der Waals surface area contributed by atoms with E-state index in [2.05, 4.69) is 126 Å². The highest BCUT2D eigenvalue weighted by molar-refractivity contribution is 7.27. The molecule has 0 aliphatic heterocycles. The second kappa shape index (κ2) is 10.2. The number of furan rings is 1. The Bertz CT molecular complexity index is 3050. The lowest BCUT2D eigenvalue weighted by atomic mass is 9.98. The van der Waals surface area contributed by atoms with Crippen LogP contribution in [-0.2, 0) is 0 Å². The van der Waals surface area contributed by atoms with Crippen molar-refractivity contribution in [2.45, 2.75) is 12.8 Å². The Balaban J connectivity index is 1.30. The van der Waals surface area contributed by atoms with Crippen LogP contribution in [0.3, 0.4) is 0 Å². The molecule has 0 saturated carbocycles. The van der Waals surface area contributed by atoms with E-state index in [1.165, 1.54) is 41.9 Å². The molecule has 5 heteroatoms. The number of nitrogens with zero attached hydrogens (tertiary/aromatic N) is 3. The van der Waals surface area contributed by atoms with Crippen LogP contribution in [0.2, 0.25) is 0 Å². The summed E-state index contributed by atoms with van der Waals surface area (Å²) in [5, 5.41) is 8.39. The average molecular weight is 646 g/mol. The van der Waals surface area contributed by atoms with Crippen molar-refractivity contribution in [3.8, 4) is 17.1 Å². The SMILES string of the molecule is C1=CCCC(c2nc(-c3ccccc3)nc3ccc(-n4c5ccccc5c5c6c7ccccc7sc6c6c7ccccc7oc6c54)cc23)=C1. The van der Waals surface area contributed by atoms with Gasteiger partial charge in [0.05, 0.1) is 22.2 Å². The number of fused-ring (bicyclic) bond motifs is 13. The maximum Gasteiger partial charge on any atom is 0.161 e. The molecular formula is C44H27N3OS. The predicted octanol–water partition coefficient (Wildman–Crippen LogP) is 12.4. The Hall–Kier alpha value is -6.04. The van der Waals surface area contributed by atoms with Crippen LogP contribution >= 0.6 is 11.3 Å². The molecule has 11 rings (SSSR count). The minimum atomic E-state index is 0.749. The van der Waals surface area contributed by atoms with Gasteiger partial charge < -0.3 is 8.98 Å². The first-order chi connectivity index (χ1) is 24.3. The molecule has 1 aliphatic carbocycles. The van der Waals surface area contributed by atoms with Crippen molar-refractivity contribution >= 4 is 91.7 Å². The molecular weight excluding hydrogens is 619 g/mol. The summed E-state index contributed by atoms with van der Waals surface area (Å²) in [6.07, 6.45) is 8.53. The maximum atomic E-state index is 6.88. The van der Waals surface area contributed by atoms with Crippen LogP contribution in [0.4, 0.5) is 0 Å². The lowest BCUT2D eigenvalue weighted by Crippen LogP contribution is -2.01. The largest absolute Gasteiger partial charge is 0.454 e. The number of para-hydroxylation sites is 2. The highest BCUT2D eigenvalue weighted by Gasteiger charge is 2.26. The van der Waals surface area contributed by atoms with Crippen LogP contribution in [0, 0.1) is 0 Å². The topological polar surface area (TPSA) is 43.9 Å². The van der Waals surface area contributed by atoms with Crippen molar-refractivity contribution in [1.29, 1.82) is 0 Å². The number of hydrogen-bond acceptors (Lipinski definition) is 4. The van der Waals surface area contributed by atoms with Crippen LogP contribution in [0.1, 0.15) is 18.5 Å². The van der Waals surface area contributed by atoms with Gasteiger partial charge in [0, 0.05) is 58.4 Å². The Labute approximate surface area is 284 Å². The number of aromatic nitrogens is 3. The lowest BCUT2D eigenvalue weighted by Gasteiger charge is -2.15. The first-order valence-electron chi connectivity index (χ1n) is 16.7. The van der Waals surface area contributed by atoms with Gasteiger partial charge in [-0.25, -0.2) is 9.97 Å². The van der Waals surface area contributed by atoms with Crippen LogP contribution < -0.4 is 0 Å². The number of rotatable bonds is 3. The van der Waals surface area contributed by atoms with E-state index in [-0.39, 0.29) is 0 Å². The van der Waals surface area contributed by atoms with E-state index >= 15 is 0 Å². The third-order valence-electron chi connectivity index (χ3n) is 10.0. The standard InChI is InChI=1S/C44H27N3OS/c1-3-13-26(14-4-1)40-32-25-28(23-24-33(32)45-44(46-40)27-15-5-2-6-16-27)47-34-20-10-7-17-29(34)37-38-31-19-9-12-22-36(31)49-43(38)39-30-18-8-11-21-35(30)48-42(39)41(37)47/h1-3,5-13,15-25H,4,14H2. The van der Waals surface area contributed by atoms with Crippen molar-refractivity contribution in [3.05, 3.63) is 145 Å². The van der Waals surface area contributed by atoms with Gasteiger partial charge in [-0.15, -0.1) is 11.3 Å². The molecule has 0 atom stereocenters. The van der Waals surface area contributed by atoms with Crippen molar-refractivity contribution in [2.24, 2.45) is 0 Å². The van der Waals surface area contributed by atoms with E-state index in [4.69, 9.17) is 14.4 Å². The van der Waals surface area contributed by atoms with E-state index in [0.29, 0.717) is 0 Å². The summed E-state index contributed by atoms with van der Waals surface area (Å²) in [5.41, 5.74) is 9.29. The summed E-state index contributed by atoms with van der Waals surface area (Å²) in [7, 11) is 0. The lowest BCUT2D eigenvalue weighted by molar-refractivity contribution is 0.671. The molecule has 4 nitrogen and oxygen atoms in total. The van der Waals surface area contributed by atoms with E-state index in [0.717, 1.165) is 74.1 Å². The highest BCUT2D eigenvalue weighted by atomic mass is 32.1. The van der Waals surface area contributed by atoms with E-state index in [9.17, 15) is 0 Å². The minimum absolute atomic E-state index is 0.749. The average Bonchev–Trinajstić information content (AvgIpc) is 3.85. The number of allylic oxidation sites excluding steroid dienone is 4. The minimum Gasteiger partial charge on any atom is -0.454 e. The van der Waals surface area contributed by atoms with Crippen molar-refractivity contribution in [2.75, 3.05) is 0 Å². The van der Waals surface area contributed by atoms with Crippen LogP contribution in [0.5, 0.6) is 0 Å². The van der Waals surface area contributed by atoms with Gasteiger partial charge in [0.2, 0.25) is 0 Å². The van der Waals surface area contributed by atoms with E-state index < -0.39 is 0 Å².